The summed E-state index contributed by atoms with van der Waals surface area (Å²) in [6, 6.07) is 5.96. The van der Waals surface area contributed by atoms with Crippen molar-refractivity contribution in [1.29, 1.82) is 0 Å². The molecule has 2 atom stereocenters. The van der Waals surface area contributed by atoms with Crippen LogP contribution < -0.4 is 4.74 Å². The lowest BCUT2D eigenvalue weighted by atomic mass is 9.62. The number of rotatable bonds is 7. The Morgan fingerprint density at radius 2 is 1.65 bits per heavy atom. The number of ether oxygens (including phenoxy) is 1. The fourth-order valence-corrected chi connectivity index (χ4v) is 3.41. The van der Waals surface area contributed by atoms with Crippen LogP contribution in [0.2, 0.25) is 0 Å². The second-order valence-corrected chi connectivity index (χ2v) is 6.53. The van der Waals surface area contributed by atoms with Crippen molar-refractivity contribution in [3.05, 3.63) is 29.8 Å². The molecule has 0 heterocycles. The van der Waals surface area contributed by atoms with E-state index in [1.165, 1.54) is 46.1 Å². The van der Waals surface area contributed by atoms with Gasteiger partial charge in [0.1, 0.15) is 5.75 Å². The van der Waals surface area contributed by atoms with Gasteiger partial charge in [-0.3, -0.25) is 0 Å². The number of alkyl halides is 5. The van der Waals surface area contributed by atoms with Crippen LogP contribution in [0.25, 0.3) is 0 Å². The predicted molar refractivity (Wildman–Crippen MR) is 83.4 cm³/mol. The van der Waals surface area contributed by atoms with Crippen molar-refractivity contribution in [2.24, 2.45) is 5.92 Å². The van der Waals surface area contributed by atoms with E-state index in [1.54, 1.807) is 6.07 Å². The Kier molecular flexibility index (Phi) is 5.98. The lowest BCUT2D eigenvalue weighted by Crippen LogP contribution is -2.68. The molecule has 0 spiro atoms. The summed E-state index contributed by atoms with van der Waals surface area (Å²) in [5, 5.41) is 19.5. The molecule has 0 radical (unpaired) electrons. The number of para-hydroxylation sites is 1. The van der Waals surface area contributed by atoms with Crippen LogP contribution >= 0.6 is 0 Å². The fraction of sp³-hybridized carbons (Fsp3) is 0.588. The molecule has 4 nitrogen and oxygen atoms in total. The van der Waals surface area contributed by atoms with Crippen molar-refractivity contribution in [1.82, 2.24) is 0 Å². The minimum Gasteiger partial charge on any atom is -0.496 e. The maximum atomic E-state index is 14.1. The van der Waals surface area contributed by atoms with Crippen LogP contribution in [0.4, 0.5) is 22.0 Å². The summed E-state index contributed by atoms with van der Waals surface area (Å²) in [5.41, 5.74) is -5.76. The van der Waals surface area contributed by atoms with Crippen LogP contribution in [0, 0.1) is 5.92 Å². The van der Waals surface area contributed by atoms with E-state index in [4.69, 9.17) is 4.74 Å². The third-order valence-corrected chi connectivity index (χ3v) is 4.75. The molecule has 0 saturated carbocycles. The topological polar surface area (TPSA) is 66.8 Å². The molecular weight excluding hydrogens is 363 g/mol. The van der Waals surface area contributed by atoms with Gasteiger partial charge in [-0.25, -0.2) is 4.79 Å². The summed E-state index contributed by atoms with van der Waals surface area (Å²) in [7, 11) is 1.28. The number of aliphatic hydroxyl groups is 1. The van der Waals surface area contributed by atoms with E-state index >= 15 is 0 Å². The molecule has 148 valence electrons. The lowest BCUT2D eigenvalue weighted by molar-refractivity contribution is -0.349. The number of benzene rings is 1. The van der Waals surface area contributed by atoms with Crippen molar-refractivity contribution >= 4 is 5.97 Å². The van der Waals surface area contributed by atoms with Gasteiger partial charge in [0, 0.05) is 11.5 Å². The van der Waals surface area contributed by atoms with E-state index in [2.05, 4.69) is 0 Å². The zero-order chi connectivity index (χ0) is 20.6. The van der Waals surface area contributed by atoms with Gasteiger partial charge in [-0.2, -0.15) is 22.0 Å². The Bertz CT molecular complexity index is 657. The number of carboxylic acids is 1. The van der Waals surface area contributed by atoms with E-state index in [9.17, 15) is 37.0 Å². The Labute approximate surface area is 147 Å². The zero-order valence-corrected chi connectivity index (χ0v) is 14.7. The Balaban J connectivity index is 3.70. The number of hydrogen-bond donors (Lipinski definition) is 2. The second kappa shape index (κ2) is 7.02. The maximum absolute atomic E-state index is 14.1. The molecule has 0 aliphatic rings. The Morgan fingerprint density at radius 1 is 1.15 bits per heavy atom. The number of carboxylic acid groups (broad SMARTS) is 1. The van der Waals surface area contributed by atoms with Crippen LogP contribution in [-0.4, -0.2) is 41.0 Å². The first kappa shape index (κ1) is 22.1. The van der Waals surface area contributed by atoms with E-state index < -0.39 is 41.4 Å². The van der Waals surface area contributed by atoms with Gasteiger partial charge in [-0.15, -0.1) is 0 Å². The van der Waals surface area contributed by atoms with Gasteiger partial charge < -0.3 is 14.9 Å². The average molecular weight is 384 g/mol. The first-order chi connectivity index (χ1) is 11.7. The summed E-state index contributed by atoms with van der Waals surface area (Å²) < 4.78 is 72.1. The highest BCUT2D eigenvalue weighted by Gasteiger charge is 2.77. The Morgan fingerprint density at radius 3 is 2.04 bits per heavy atom. The maximum Gasteiger partial charge on any atom is 0.457 e. The summed E-state index contributed by atoms with van der Waals surface area (Å²) >= 11 is 0. The second-order valence-electron chi connectivity index (χ2n) is 6.53. The third kappa shape index (κ3) is 3.24. The molecule has 9 heteroatoms. The van der Waals surface area contributed by atoms with Crippen LogP contribution in [0.1, 0.15) is 32.8 Å². The largest absolute Gasteiger partial charge is 0.496 e. The summed E-state index contributed by atoms with van der Waals surface area (Å²) in [4.78, 5) is 11.5. The highest BCUT2D eigenvalue weighted by atomic mass is 19.4. The number of hydrogen-bond acceptors (Lipinski definition) is 3. The third-order valence-electron chi connectivity index (χ3n) is 4.75. The number of aliphatic carboxylic acids is 1. The van der Waals surface area contributed by atoms with Gasteiger partial charge in [-0.05, 0) is 17.9 Å². The molecule has 0 fully saturated rings. The smallest absolute Gasteiger partial charge is 0.457 e. The molecule has 2 N–H and O–H groups in total. The molecule has 2 unspecified atom stereocenters. The fourth-order valence-electron chi connectivity index (χ4n) is 3.41. The molecule has 1 aromatic rings. The van der Waals surface area contributed by atoms with Crippen molar-refractivity contribution in [2.45, 2.75) is 50.3 Å². The predicted octanol–water partition coefficient (Wildman–Crippen LogP) is 4.01. The number of methoxy groups -OCH3 is 1. The van der Waals surface area contributed by atoms with Gasteiger partial charge in [-0.1, -0.05) is 39.0 Å². The van der Waals surface area contributed by atoms with E-state index in [0.717, 1.165) is 0 Å². The molecule has 0 aliphatic carbocycles. The van der Waals surface area contributed by atoms with Gasteiger partial charge in [0.2, 0.25) is 5.60 Å². The van der Waals surface area contributed by atoms with Crippen molar-refractivity contribution in [3.63, 3.8) is 0 Å². The molecule has 0 amide bonds. The molecule has 1 rings (SSSR count). The van der Waals surface area contributed by atoms with Gasteiger partial charge in [0.25, 0.3) is 0 Å². The summed E-state index contributed by atoms with van der Waals surface area (Å²) in [5.74, 6) is -10.3. The molecule has 0 saturated heterocycles. The molecule has 1 aromatic carbocycles. The molecule has 0 aromatic heterocycles. The van der Waals surface area contributed by atoms with Crippen molar-refractivity contribution < 1.29 is 41.7 Å². The van der Waals surface area contributed by atoms with Crippen LogP contribution in [0.5, 0.6) is 5.75 Å². The average Bonchev–Trinajstić information content (AvgIpc) is 2.53. The highest BCUT2D eigenvalue weighted by Crippen LogP contribution is 2.53. The van der Waals surface area contributed by atoms with E-state index in [1.807, 2.05) is 0 Å². The van der Waals surface area contributed by atoms with E-state index in [0.29, 0.717) is 0 Å². The first-order valence-electron chi connectivity index (χ1n) is 7.73. The van der Waals surface area contributed by atoms with Gasteiger partial charge >= 0.3 is 18.1 Å². The van der Waals surface area contributed by atoms with Gasteiger partial charge in [0.05, 0.1) is 7.11 Å². The minimum absolute atomic E-state index is 0.180. The number of carbonyl (C=O) groups is 1. The zero-order valence-electron chi connectivity index (χ0n) is 14.7. The quantitative estimate of drug-likeness (QED) is 0.697. The summed E-state index contributed by atoms with van der Waals surface area (Å²) in [6.07, 6.45) is -6.70. The minimum atomic E-state index is -6.25. The standard InChI is InChI=1S/C17H21F5O4/c1-5-12(14(2,3)10-8-6-7-9-11(10)26-4)15(25,13(23)24)16(18,19)17(20,21)22/h6-9,12,25H,5H2,1-4H3,(H,23,24). The van der Waals surface area contributed by atoms with Crippen molar-refractivity contribution in [3.8, 4) is 5.75 Å². The van der Waals surface area contributed by atoms with Gasteiger partial charge in [0.15, 0.2) is 0 Å². The SMILES string of the molecule is CCC(C(C)(C)c1ccccc1OC)C(O)(C(=O)O)C(F)(F)C(F)(F)F. The Hall–Kier alpha value is -1.90. The normalized spacial score (nSPS) is 16.7. The van der Waals surface area contributed by atoms with Crippen molar-refractivity contribution in [2.75, 3.05) is 7.11 Å². The molecule has 0 bridgehead atoms. The first-order valence-corrected chi connectivity index (χ1v) is 7.73. The van der Waals surface area contributed by atoms with E-state index in [-0.39, 0.29) is 11.3 Å². The monoisotopic (exact) mass is 384 g/mol. The van der Waals surface area contributed by atoms with Crippen LogP contribution in [0.3, 0.4) is 0 Å². The molecule has 26 heavy (non-hydrogen) atoms. The molecular formula is C17H21F5O4. The van der Waals surface area contributed by atoms with Crippen LogP contribution in [0.15, 0.2) is 24.3 Å². The lowest BCUT2D eigenvalue weighted by Gasteiger charge is -2.46. The highest BCUT2D eigenvalue weighted by molar-refractivity contribution is 5.80. The summed E-state index contributed by atoms with van der Waals surface area (Å²) in [6.45, 7) is 3.82. The van der Waals surface area contributed by atoms with Crippen LogP contribution in [-0.2, 0) is 10.2 Å². The number of halogens is 5. The molecule has 0 aliphatic heterocycles.